The highest BCUT2D eigenvalue weighted by Gasteiger charge is 2.15. The number of ether oxygens (including phenoxy) is 2. The maximum absolute atomic E-state index is 10.9. The number of hydrogen-bond acceptors (Lipinski definition) is 3. The lowest BCUT2D eigenvalue weighted by Gasteiger charge is -2.19. The van der Waals surface area contributed by atoms with E-state index in [1.165, 1.54) is 0 Å². The molecule has 0 aliphatic carbocycles. The van der Waals surface area contributed by atoms with Crippen LogP contribution in [-0.2, 0) is 11.2 Å². The van der Waals surface area contributed by atoms with E-state index in [2.05, 4.69) is 0 Å². The molecular weight excluding hydrogens is 228 g/mol. The van der Waals surface area contributed by atoms with Crippen LogP contribution < -0.4 is 9.47 Å². The Kier molecular flexibility index (Phi) is 3.34. The molecule has 16 heavy (non-hydrogen) atoms. The minimum atomic E-state index is -0.310. The summed E-state index contributed by atoms with van der Waals surface area (Å²) >= 11 is 5.43. The van der Waals surface area contributed by atoms with E-state index in [1.807, 2.05) is 25.1 Å². The molecule has 1 aromatic carbocycles. The summed E-state index contributed by atoms with van der Waals surface area (Å²) < 4.78 is 10.9. The summed E-state index contributed by atoms with van der Waals surface area (Å²) in [5, 5.41) is -0.310. The van der Waals surface area contributed by atoms with Crippen molar-refractivity contribution in [1.29, 1.82) is 0 Å². The molecule has 2 rings (SSSR count). The Morgan fingerprint density at radius 2 is 2.06 bits per heavy atom. The van der Waals surface area contributed by atoms with Gasteiger partial charge < -0.3 is 9.47 Å². The summed E-state index contributed by atoms with van der Waals surface area (Å²) in [6.45, 7) is 2.97. The van der Waals surface area contributed by atoms with E-state index >= 15 is 0 Å². The average molecular weight is 241 g/mol. The molecule has 0 fully saturated rings. The fourth-order valence-corrected chi connectivity index (χ4v) is 1.73. The molecule has 86 valence electrons. The molecule has 0 saturated heterocycles. The van der Waals surface area contributed by atoms with Gasteiger partial charge in [0, 0.05) is 5.92 Å². The van der Waals surface area contributed by atoms with Crippen LogP contribution in [-0.4, -0.2) is 18.5 Å². The van der Waals surface area contributed by atoms with Gasteiger partial charge in [0.1, 0.15) is 13.2 Å². The van der Waals surface area contributed by atoms with E-state index in [0.29, 0.717) is 19.6 Å². The molecule has 0 radical (unpaired) electrons. The van der Waals surface area contributed by atoms with Crippen molar-refractivity contribution in [3.63, 3.8) is 0 Å². The van der Waals surface area contributed by atoms with Gasteiger partial charge in [0.15, 0.2) is 11.5 Å². The zero-order chi connectivity index (χ0) is 11.5. The molecule has 3 nitrogen and oxygen atoms in total. The molecule has 1 unspecified atom stereocenters. The molecule has 1 heterocycles. The topological polar surface area (TPSA) is 35.5 Å². The maximum Gasteiger partial charge on any atom is 0.224 e. The predicted octanol–water partition coefficient (Wildman–Crippen LogP) is 2.40. The van der Waals surface area contributed by atoms with Gasteiger partial charge >= 0.3 is 0 Å². The van der Waals surface area contributed by atoms with Crippen molar-refractivity contribution in [2.45, 2.75) is 13.3 Å². The standard InChI is InChI=1S/C12H13ClO3/c1-8(12(13)14)6-9-2-3-10-11(7-9)16-5-4-15-10/h2-3,7-8H,4-6H2,1H3. The van der Waals surface area contributed by atoms with Crippen molar-refractivity contribution in [2.75, 3.05) is 13.2 Å². The smallest absolute Gasteiger partial charge is 0.224 e. The van der Waals surface area contributed by atoms with Crippen molar-refractivity contribution < 1.29 is 14.3 Å². The molecule has 1 aromatic rings. The molecule has 1 atom stereocenters. The number of rotatable bonds is 3. The van der Waals surface area contributed by atoms with Gasteiger partial charge in [0.2, 0.25) is 5.24 Å². The van der Waals surface area contributed by atoms with Crippen LogP contribution in [0.4, 0.5) is 0 Å². The number of carbonyl (C=O) groups excluding carboxylic acids is 1. The number of fused-ring (bicyclic) bond motifs is 1. The van der Waals surface area contributed by atoms with Crippen LogP contribution in [0.2, 0.25) is 0 Å². The van der Waals surface area contributed by atoms with Crippen molar-refractivity contribution in [1.82, 2.24) is 0 Å². The summed E-state index contributed by atoms with van der Waals surface area (Å²) in [7, 11) is 0. The summed E-state index contributed by atoms with van der Waals surface area (Å²) in [6, 6.07) is 5.71. The second kappa shape index (κ2) is 4.74. The van der Waals surface area contributed by atoms with Gasteiger partial charge in [-0.2, -0.15) is 0 Å². The van der Waals surface area contributed by atoms with Crippen molar-refractivity contribution in [3.05, 3.63) is 23.8 Å². The van der Waals surface area contributed by atoms with Gasteiger partial charge in [-0.05, 0) is 35.7 Å². The van der Waals surface area contributed by atoms with E-state index in [-0.39, 0.29) is 11.2 Å². The first-order chi connectivity index (χ1) is 7.66. The van der Waals surface area contributed by atoms with E-state index in [0.717, 1.165) is 17.1 Å². The van der Waals surface area contributed by atoms with E-state index in [1.54, 1.807) is 0 Å². The summed E-state index contributed by atoms with van der Waals surface area (Å²) in [5.74, 6) is 1.34. The Bertz CT molecular complexity index is 403. The van der Waals surface area contributed by atoms with Gasteiger partial charge in [0.05, 0.1) is 0 Å². The zero-order valence-electron chi connectivity index (χ0n) is 9.03. The van der Waals surface area contributed by atoms with Crippen LogP contribution in [0.25, 0.3) is 0 Å². The zero-order valence-corrected chi connectivity index (χ0v) is 9.79. The number of halogens is 1. The fraction of sp³-hybridized carbons (Fsp3) is 0.417. The largest absolute Gasteiger partial charge is 0.486 e. The lowest BCUT2D eigenvalue weighted by Crippen LogP contribution is -2.15. The fourth-order valence-electron chi connectivity index (χ4n) is 1.65. The van der Waals surface area contributed by atoms with Crippen LogP contribution in [0.3, 0.4) is 0 Å². The summed E-state index contributed by atoms with van der Waals surface area (Å²) in [4.78, 5) is 10.9. The minimum Gasteiger partial charge on any atom is -0.486 e. The number of hydrogen-bond donors (Lipinski definition) is 0. The van der Waals surface area contributed by atoms with Crippen molar-refractivity contribution in [3.8, 4) is 11.5 Å². The molecular formula is C12H13ClO3. The second-order valence-corrected chi connectivity index (χ2v) is 4.26. The van der Waals surface area contributed by atoms with E-state index in [9.17, 15) is 4.79 Å². The summed E-state index contributed by atoms with van der Waals surface area (Å²) in [6.07, 6.45) is 0.624. The Hall–Kier alpha value is -1.22. The monoisotopic (exact) mass is 240 g/mol. The Morgan fingerprint density at radius 3 is 2.75 bits per heavy atom. The highest BCUT2D eigenvalue weighted by molar-refractivity contribution is 6.63. The first-order valence-corrected chi connectivity index (χ1v) is 5.62. The first kappa shape index (κ1) is 11.3. The molecule has 1 aliphatic heterocycles. The lowest BCUT2D eigenvalue weighted by molar-refractivity contribution is -0.114. The molecule has 0 amide bonds. The molecule has 4 heteroatoms. The van der Waals surface area contributed by atoms with Crippen molar-refractivity contribution in [2.24, 2.45) is 5.92 Å². The molecule has 1 aliphatic rings. The summed E-state index contributed by atoms with van der Waals surface area (Å²) in [5.41, 5.74) is 1.03. The van der Waals surface area contributed by atoms with Gasteiger partial charge in [0.25, 0.3) is 0 Å². The van der Waals surface area contributed by atoms with Crippen LogP contribution in [0.1, 0.15) is 12.5 Å². The van der Waals surface area contributed by atoms with Crippen LogP contribution in [0.15, 0.2) is 18.2 Å². The second-order valence-electron chi connectivity index (χ2n) is 3.89. The quantitative estimate of drug-likeness (QED) is 0.761. The Labute approximate surface area is 99.3 Å². The first-order valence-electron chi connectivity index (χ1n) is 5.24. The third-order valence-electron chi connectivity index (χ3n) is 2.54. The SMILES string of the molecule is CC(Cc1ccc2c(c1)OCCO2)C(=O)Cl. The maximum atomic E-state index is 10.9. The predicted molar refractivity (Wildman–Crippen MR) is 61.2 cm³/mol. The van der Waals surface area contributed by atoms with Crippen LogP contribution >= 0.6 is 11.6 Å². The molecule has 0 N–H and O–H groups in total. The number of carbonyl (C=O) groups is 1. The van der Waals surface area contributed by atoms with Crippen LogP contribution in [0.5, 0.6) is 11.5 Å². The highest BCUT2D eigenvalue weighted by Crippen LogP contribution is 2.31. The highest BCUT2D eigenvalue weighted by atomic mass is 35.5. The molecule has 0 saturated carbocycles. The third kappa shape index (κ3) is 2.47. The molecule has 0 aromatic heterocycles. The minimum absolute atomic E-state index is 0.177. The average Bonchev–Trinajstić information content (AvgIpc) is 2.28. The van der Waals surface area contributed by atoms with E-state index in [4.69, 9.17) is 21.1 Å². The lowest BCUT2D eigenvalue weighted by atomic mass is 10.0. The van der Waals surface area contributed by atoms with Gasteiger partial charge in [-0.1, -0.05) is 13.0 Å². The normalized spacial score (nSPS) is 15.6. The van der Waals surface area contributed by atoms with Crippen LogP contribution in [0, 0.1) is 5.92 Å². The van der Waals surface area contributed by atoms with Gasteiger partial charge in [-0.15, -0.1) is 0 Å². The van der Waals surface area contributed by atoms with Gasteiger partial charge in [-0.25, -0.2) is 0 Å². The van der Waals surface area contributed by atoms with Crippen molar-refractivity contribution >= 4 is 16.8 Å². The Morgan fingerprint density at radius 1 is 1.38 bits per heavy atom. The van der Waals surface area contributed by atoms with E-state index < -0.39 is 0 Å². The number of benzene rings is 1. The third-order valence-corrected chi connectivity index (χ3v) is 2.91. The molecule has 0 bridgehead atoms. The van der Waals surface area contributed by atoms with Gasteiger partial charge in [-0.3, -0.25) is 4.79 Å². The molecule has 0 spiro atoms. The Balaban J connectivity index is 2.14.